The topological polar surface area (TPSA) is 145 Å². The minimum atomic E-state index is -3.76. The molecule has 0 radical (unpaired) electrons. The van der Waals surface area contributed by atoms with E-state index in [4.69, 9.17) is 30.8 Å². The average molecular weight is 779 g/mol. The zero-order chi connectivity index (χ0) is 38.4. The summed E-state index contributed by atoms with van der Waals surface area (Å²) in [5.74, 6) is 0.982. The van der Waals surface area contributed by atoms with Crippen LogP contribution in [0.5, 0.6) is 11.6 Å². The number of carbonyl (C=O) groups excluding carboxylic acids is 1. The Kier molecular flexibility index (Phi) is 11.4. The number of halogens is 1. The molecule has 0 spiro atoms. The van der Waals surface area contributed by atoms with Gasteiger partial charge in [0.05, 0.1) is 35.3 Å². The fourth-order valence-electron chi connectivity index (χ4n) is 6.48. The molecular formula is C41H39ClN6O6S. The van der Waals surface area contributed by atoms with Gasteiger partial charge < -0.3 is 24.4 Å². The minimum Gasteiger partial charge on any atom is -0.445 e. The second kappa shape index (κ2) is 16.7. The monoisotopic (exact) mass is 778 g/mol. The van der Waals surface area contributed by atoms with Crippen LogP contribution in [0.1, 0.15) is 23.1 Å². The first kappa shape index (κ1) is 37.6. The number of piperidine rings is 1. The minimum absolute atomic E-state index is 0.177. The first-order chi connectivity index (χ1) is 26.6. The maximum absolute atomic E-state index is 13.2. The second-order valence-electron chi connectivity index (χ2n) is 13.2. The standard InChI is InChI=1S/C41H39ClN6O6S/c1-27-13-18-33-34(10-6-12-37(33)47-55(50,51)26-29-14-16-30(42)17-15-29)38(27)54-39-35(11-7-20-43-39)36-19-21-44-40(46-36)45-31-22-32(52-2)24-48(23-31)41(49)53-25-28-8-4-3-5-9-28/h3-21,31-32,47H,22-26H2,1-2H3,(H,44,45,46). The quantitative estimate of drug-likeness (QED) is 0.125. The number of methoxy groups -OCH3 is 1. The van der Waals surface area contributed by atoms with Gasteiger partial charge in [0.15, 0.2) is 0 Å². The predicted molar refractivity (Wildman–Crippen MR) is 213 cm³/mol. The molecule has 1 amide bonds. The van der Waals surface area contributed by atoms with E-state index in [0.717, 1.165) is 11.1 Å². The summed E-state index contributed by atoms with van der Waals surface area (Å²) >= 11 is 5.99. The number of carbonyl (C=O) groups is 1. The molecule has 2 atom stereocenters. The van der Waals surface area contributed by atoms with Crippen molar-refractivity contribution in [3.8, 4) is 22.9 Å². The van der Waals surface area contributed by atoms with E-state index in [2.05, 4.69) is 20.0 Å². The maximum Gasteiger partial charge on any atom is 0.410 e. The third-order valence-electron chi connectivity index (χ3n) is 9.19. The number of benzene rings is 4. The maximum atomic E-state index is 13.2. The van der Waals surface area contributed by atoms with Crippen molar-refractivity contribution in [2.24, 2.45) is 0 Å². The molecule has 14 heteroatoms. The molecule has 2 aromatic heterocycles. The van der Waals surface area contributed by atoms with Crippen LogP contribution in [0.25, 0.3) is 22.0 Å². The number of rotatable bonds is 12. The molecule has 3 heterocycles. The number of hydrogen-bond donors (Lipinski definition) is 2. The Balaban J connectivity index is 1.09. The molecule has 0 bridgehead atoms. The summed E-state index contributed by atoms with van der Waals surface area (Å²) < 4.78 is 47.0. The van der Waals surface area contributed by atoms with E-state index in [1.165, 1.54) is 0 Å². The lowest BCUT2D eigenvalue weighted by Crippen LogP contribution is -2.51. The number of pyridine rings is 1. The third-order valence-corrected chi connectivity index (χ3v) is 10.7. The first-order valence-corrected chi connectivity index (χ1v) is 19.7. The third kappa shape index (κ3) is 9.31. The van der Waals surface area contributed by atoms with Crippen LogP contribution in [0, 0.1) is 6.92 Å². The Morgan fingerprint density at radius 1 is 0.873 bits per heavy atom. The molecule has 7 rings (SSSR count). The summed E-state index contributed by atoms with van der Waals surface area (Å²) in [4.78, 5) is 28.5. The normalized spacial score (nSPS) is 15.7. The van der Waals surface area contributed by atoms with Gasteiger partial charge in [0.25, 0.3) is 0 Å². The molecule has 282 valence electrons. The molecule has 6 aromatic rings. The van der Waals surface area contributed by atoms with Crippen molar-refractivity contribution < 1.29 is 27.4 Å². The van der Waals surface area contributed by atoms with Crippen LogP contribution >= 0.6 is 11.6 Å². The second-order valence-corrected chi connectivity index (χ2v) is 15.4. The lowest BCUT2D eigenvalue weighted by Gasteiger charge is -2.36. The molecule has 0 aliphatic carbocycles. The number of nitrogens with one attached hydrogen (secondary N) is 2. The van der Waals surface area contributed by atoms with Crippen molar-refractivity contribution in [3.05, 3.63) is 137 Å². The summed E-state index contributed by atoms with van der Waals surface area (Å²) in [6.07, 6.45) is 3.29. The van der Waals surface area contributed by atoms with Gasteiger partial charge in [-0.25, -0.2) is 28.2 Å². The zero-order valence-corrected chi connectivity index (χ0v) is 31.8. The van der Waals surface area contributed by atoms with Crippen molar-refractivity contribution in [1.82, 2.24) is 19.9 Å². The number of anilines is 2. The van der Waals surface area contributed by atoms with E-state index < -0.39 is 16.1 Å². The van der Waals surface area contributed by atoms with Crippen molar-refractivity contribution in [1.29, 1.82) is 0 Å². The lowest BCUT2D eigenvalue weighted by molar-refractivity contribution is 0.0180. The molecule has 1 aliphatic heterocycles. The van der Waals surface area contributed by atoms with E-state index in [0.29, 0.717) is 75.4 Å². The van der Waals surface area contributed by atoms with E-state index in [-0.39, 0.29) is 24.5 Å². The molecule has 2 unspecified atom stereocenters. The van der Waals surface area contributed by atoms with Crippen LogP contribution in [0.15, 0.2) is 116 Å². The molecule has 4 aromatic carbocycles. The van der Waals surface area contributed by atoms with Crippen molar-refractivity contribution >= 4 is 50.1 Å². The number of ether oxygens (including phenoxy) is 3. The highest BCUT2D eigenvalue weighted by atomic mass is 35.5. The van der Waals surface area contributed by atoms with Crippen LogP contribution in [-0.2, 0) is 31.9 Å². The Morgan fingerprint density at radius 3 is 2.49 bits per heavy atom. The fourth-order valence-corrected chi connectivity index (χ4v) is 7.82. The number of sulfonamides is 1. The predicted octanol–water partition coefficient (Wildman–Crippen LogP) is 8.23. The highest BCUT2D eigenvalue weighted by Gasteiger charge is 2.31. The van der Waals surface area contributed by atoms with E-state index in [1.807, 2.05) is 61.5 Å². The van der Waals surface area contributed by atoms with Gasteiger partial charge in [-0.05, 0) is 66.4 Å². The van der Waals surface area contributed by atoms with E-state index >= 15 is 0 Å². The Labute approximate surface area is 324 Å². The highest BCUT2D eigenvalue weighted by Crippen LogP contribution is 2.39. The number of fused-ring (bicyclic) bond motifs is 1. The summed E-state index contributed by atoms with van der Waals surface area (Å²) in [7, 11) is -2.13. The largest absolute Gasteiger partial charge is 0.445 e. The van der Waals surface area contributed by atoms with Gasteiger partial charge in [0, 0.05) is 47.9 Å². The van der Waals surface area contributed by atoms with Crippen LogP contribution < -0.4 is 14.8 Å². The highest BCUT2D eigenvalue weighted by molar-refractivity contribution is 7.91. The van der Waals surface area contributed by atoms with Gasteiger partial charge in [-0.2, -0.15) is 0 Å². The van der Waals surface area contributed by atoms with Crippen LogP contribution in [0.2, 0.25) is 5.02 Å². The van der Waals surface area contributed by atoms with Gasteiger partial charge >= 0.3 is 6.09 Å². The molecule has 12 nitrogen and oxygen atoms in total. The van der Waals surface area contributed by atoms with Gasteiger partial charge in [0.2, 0.25) is 21.9 Å². The van der Waals surface area contributed by atoms with Crippen molar-refractivity contribution in [3.63, 3.8) is 0 Å². The molecule has 1 saturated heterocycles. The number of nitrogens with zero attached hydrogens (tertiary/aromatic N) is 4. The van der Waals surface area contributed by atoms with E-state index in [1.54, 1.807) is 72.9 Å². The Morgan fingerprint density at radius 2 is 1.69 bits per heavy atom. The molecule has 0 saturated carbocycles. The number of aryl methyl sites for hydroxylation is 1. The number of likely N-dealkylation sites (tertiary alicyclic amines) is 1. The smallest absolute Gasteiger partial charge is 0.410 e. The Bertz CT molecular complexity index is 2400. The van der Waals surface area contributed by atoms with Crippen LogP contribution in [0.3, 0.4) is 0 Å². The molecule has 1 fully saturated rings. The van der Waals surface area contributed by atoms with Gasteiger partial charge in [-0.15, -0.1) is 0 Å². The SMILES string of the molecule is COC1CC(Nc2nccc(-c3cccnc3Oc3c(C)ccc4c(NS(=O)(=O)Cc5ccc(Cl)cc5)cccc34)n2)CN(C(=O)OCc2ccccc2)C1. The zero-order valence-electron chi connectivity index (χ0n) is 30.2. The summed E-state index contributed by atoms with van der Waals surface area (Å²) in [6.45, 7) is 2.88. The first-order valence-electron chi connectivity index (χ1n) is 17.6. The van der Waals surface area contributed by atoms with Crippen LogP contribution in [-0.4, -0.2) is 66.7 Å². The fraction of sp³-hybridized carbons (Fsp3) is 0.220. The summed E-state index contributed by atoms with van der Waals surface area (Å²) in [5, 5.41) is 5.28. The van der Waals surface area contributed by atoms with Gasteiger partial charge in [0.1, 0.15) is 12.4 Å². The van der Waals surface area contributed by atoms with Gasteiger partial charge in [-0.1, -0.05) is 78.3 Å². The van der Waals surface area contributed by atoms with Crippen molar-refractivity contribution in [2.75, 3.05) is 30.2 Å². The summed E-state index contributed by atoms with van der Waals surface area (Å²) in [5.41, 5.74) is 3.95. The molecule has 55 heavy (non-hydrogen) atoms. The van der Waals surface area contributed by atoms with E-state index in [9.17, 15) is 13.2 Å². The number of amides is 1. The summed E-state index contributed by atoms with van der Waals surface area (Å²) in [6, 6.07) is 30.6. The molecule has 1 aliphatic rings. The van der Waals surface area contributed by atoms with Gasteiger partial charge in [-0.3, -0.25) is 4.72 Å². The number of hydrogen-bond acceptors (Lipinski definition) is 10. The molecule has 2 N–H and O–H groups in total. The number of aromatic nitrogens is 3. The molecular weight excluding hydrogens is 740 g/mol. The average Bonchev–Trinajstić information content (AvgIpc) is 3.19. The Hall–Kier alpha value is -5.76. The van der Waals surface area contributed by atoms with Crippen LogP contribution in [0.4, 0.5) is 16.4 Å². The lowest BCUT2D eigenvalue weighted by atomic mass is 10.0. The van der Waals surface area contributed by atoms with Crippen molar-refractivity contribution in [2.45, 2.75) is 37.9 Å².